The zero-order chi connectivity index (χ0) is 23.5. The van der Waals surface area contributed by atoms with Crippen LogP contribution in [0.5, 0.6) is 0 Å². The van der Waals surface area contributed by atoms with Crippen molar-refractivity contribution in [3.63, 3.8) is 0 Å². The zero-order valence-corrected chi connectivity index (χ0v) is 19.9. The van der Waals surface area contributed by atoms with Crippen LogP contribution in [0.25, 0.3) is 26.7 Å². The molecule has 7 nitrogen and oxygen atoms in total. The smallest absolute Gasteiger partial charge is 0.257 e. The molecule has 2 heterocycles. The lowest BCUT2D eigenvalue weighted by Crippen LogP contribution is -2.34. The summed E-state index contributed by atoms with van der Waals surface area (Å²) in [5.41, 5.74) is 4.43. The van der Waals surface area contributed by atoms with Gasteiger partial charge in [-0.1, -0.05) is 60.7 Å². The van der Waals surface area contributed by atoms with Gasteiger partial charge in [0.25, 0.3) is 5.91 Å². The molecule has 0 fully saturated rings. The third-order valence-electron chi connectivity index (χ3n) is 5.24. The van der Waals surface area contributed by atoms with Gasteiger partial charge in [0.1, 0.15) is 5.01 Å². The molecule has 3 aromatic carbocycles. The van der Waals surface area contributed by atoms with Crippen LogP contribution in [-0.4, -0.2) is 30.8 Å². The second-order valence-electron chi connectivity index (χ2n) is 7.50. The summed E-state index contributed by atoms with van der Waals surface area (Å²) in [6.07, 6.45) is 0.771. The van der Waals surface area contributed by atoms with Gasteiger partial charge in [0, 0.05) is 23.2 Å². The number of hydrogen-bond acceptors (Lipinski definition) is 6. The Morgan fingerprint density at radius 2 is 1.59 bits per heavy atom. The molecule has 0 radical (unpaired) electrons. The summed E-state index contributed by atoms with van der Waals surface area (Å²) in [6, 6.07) is 25.1. The highest BCUT2D eigenvalue weighted by Gasteiger charge is 2.12. The lowest BCUT2D eigenvalue weighted by Gasteiger charge is -2.10. The first-order valence-corrected chi connectivity index (χ1v) is 11.9. The Balaban J connectivity index is 1.21. The molecule has 5 rings (SSSR count). The number of benzene rings is 3. The van der Waals surface area contributed by atoms with Crippen molar-refractivity contribution in [1.29, 1.82) is 0 Å². The molecule has 0 saturated heterocycles. The van der Waals surface area contributed by atoms with E-state index < -0.39 is 0 Å². The molecule has 2 aromatic heterocycles. The summed E-state index contributed by atoms with van der Waals surface area (Å²) >= 11 is 6.82. The van der Waals surface area contributed by atoms with Crippen molar-refractivity contribution in [2.24, 2.45) is 0 Å². The summed E-state index contributed by atoms with van der Waals surface area (Å²) < 4.78 is 1.78. The van der Waals surface area contributed by atoms with E-state index in [1.165, 1.54) is 11.3 Å². The molecule has 5 aromatic rings. The average molecular weight is 485 g/mol. The summed E-state index contributed by atoms with van der Waals surface area (Å²) in [5.74, 6) is 0.576. The first-order chi connectivity index (χ1) is 16.6. The van der Waals surface area contributed by atoms with Crippen LogP contribution in [0.3, 0.4) is 0 Å². The molecule has 34 heavy (non-hydrogen) atoms. The first kappa shape index (κ1) is 21.9. The molecule has 0 spiro atoms. The average Bonchev–Trinajstić information content (AvgIpc) is 3.46. The largest absolute Gasteiger partial charge is 0.332 e. The van der Waals surface area contributed by atoms with Gasteiger partial charge in [-0.05, 0) is 59.7 Å². The molecule has 0 unspecified atom stereocenters. The van der Waals surface area contributed by atoms with Gasteiger partial charge < -0.3 is 5.32 Å². The van der Waals surface area contributed by atoms with Gasteiger partial charge in [0.15, 0.2) is 10.9 Å². The molecule has 0 atom stereocenters. The van der Waals surface area contributed by atoms with Crippen LogP contribution in [0.15, 0.2) is 78.9 Å². The van der Waals surface area contributed by atoms with Crippen LogP contribution in [0.1, 0.15) is 23.1 Å². The molecule has 168 valence electrons. The lowest BCUT2D eigenvalue weighted by atomic mass is 10.0. The molecular weight excluding hydrogens is 464 g/mol. The minimum atomic E-state index is -0.264. The number of aromatic nitrogens is 4. The van der Waals surface area contributed by atoms with E-state index in [-0.39, 0.29) is 11.0 Å². The zero-order valence-electron chi connectivity index (χ0n) is 18.2. The minimum absolute atomic E-state index is 0.233. The van der Waals surface area contributed by atoms with E-state index in [1.807, 2.05) is 73.7 Å². The number of fused-ring (bicyclic) bond motifs is 1. The maximum absolute atomic E-state index is 12.6. The molecule has 0 saturated carbocycles. The monoisotopic (exact) mass is 484 g/mol. The van der Waals surface area contributed by atoms with Gasteiger partial charge in [-0.2, -0.15) is 9.61 Å². The van der Waals surface area contributed by atoms with Crippen molar-refractivity contribution < 1.29 is 4.79 Å². The van der Waals surface area contributed by atoms with Gasteiger partial charge in [-0.25, -0.2) is 0 Å². The summed E-state index contributed by atoms with van der Waals surface area (Å²) in [7, 11) is 0. The number of carbonyl (C=O) groups excluding carboxylic acids is 1. The summed E-state index contributed by atoms with van der Waals surface area (Å²) in [6.45, 7) is 2.03. The Kier molecular flexibility index (Phi) is 6.11. The molecular formula is C25H20N6OS2. The highest BCUT2D eigenvalue weighted by molar-refractivity contribution is 7.80. The highest BCUT2D eigenvalue weighted by atomic mass is 32.1. The van der Waals surface area contributed by atoms with E-state index in [1.54, 1.807) is 16.6 Å². The molecule has 0 aliphatic heterocycles. The van der Waals surface area contributed by atoms with Crippen LogP contribution in [0, 0.1) is 0 Å². The number of nitrogens with one attached hydrogen (secondary N) is 2. The van der Waals surface area contributed by atoms with Crippen molar-refractivity contribution in [2.75, 3.05) is 5.32 Å². The number of aryl methyl sites for hydroxylation is 1. The fraction of sp³-hybridized carbons (Fsp3) is 0.0800. The third-order valence-corrected chi connectivity index (χ3v) is 6.39. The number of rotatable bonds is 5. The van der Waals surface area contributed by atoms with Crippen molar-refractivity contribution in [1.82, 2.24) is 25.1 Å². The van der Waals surface area contributed by atoms with Crippen LogP contribution >= 0.6 is 23.6 Å². The molecule has 1 amide bonds. The molecule has 9 heteroatoms. The quantitative estimate of drug-likeness (QED) is 0.333. The molecule has 0 bridgehead atoms. The van der Waals surface area contributed by atoms with E-state index in [9.17, 15) is 4.79 Å². The number of carbonyl (C=O) groups is 1. The van der Waals surface area contributed by atoms with E-state index in [2.05, 4.69) is 25.9 Å². The maximum atomic E-state index is 12.6. The van der Waals surface area contributed by atoms with E-state index in [4.69, 9.17) is 12.2 Å². The second kappa shape index (κ2) is 9.50. The number of nitrogens with zero attached hydrogens (tertiary/aromatic N) is 4. The van der Waals surface area contributed by atoms with Crippen LogP contribution in [0.4, 0.5) is 5.69 Å². The Morgan fingerprint density at radius 3 is 2.29 bits per heavy atom. The fourth-order valence-electron chi connectivity index (χ4n) is 3.47. The number of anilines is 1. The van der Waals surface area contributed by atoms with Gasteiger partial charge >= 0.3 is 0 Å². The summed E-state index contributed by atoms with van der Waals surface area (Å²) in [5, 5.41) is 19.8. The van der Waals surface area contributed by atoms with Crippen molar-refractivity contribution in [3.8, 4) is 21.7 Å². The predicted molar refractivity (Wildman–Crippen MR) is 139 cm³/mol. The van der Waals surface area contributed by atoms with E-state index >= 15 is 0 Å². The van der Waals surface area contributed by atoms with Crippen LogP contribution in [-0.2, 0) is 6.42 Å². The van der Waals surface area contributed by atoms with Crippen LogP contribution < -0.4 is 10.6 Å². The maximum Gasteiger partial charge on any atom is 0.257 e. The SMILES string of the molecule is CCc1nnc2sc(-c3ccc(NC(=S)NC(=O)c4ccc(-c5ccccc5)cc4)cc3)nn12. The van der Waals surface area contributed by atoms with Crippen molar-refractivity contribution in [2.45, 2.75) is 13.3 Å². The number of hydrogen-bond donors (Lipinski definition) is 2. The molecule has 2 N–H and O–H groups in total. The van der Waals surface area contributed by atoms with Crippen molar-refractivity contribution >= 4 is 45.2 Å². The number of thiocarbonyl (C=S) groups is 1. The van der Waals surface area contributed by atoms with Gasteiger partial charge in [-0.15, -0.1) is 10.2 Å². The third kappa shape index (κ3) is 4.57. The number of amides is 1. The van der Waals surface area contributed by atoms with Crippen molar-refractivity contribution in [3.05, 3.63) is 90.3 Å². The van der Waals surface area contributed by atoms with E-state index in [0.29, 0.717) is 5.56 Å². The standard InChI is InChI=1S/C25H20N6OS2/c1-2-21-28-29-25-31(21)30-23(34-25)19-12-14-20(15-13-19)26-24(33)27-22(32)18-10-8-17(9-11-18)16-6-4-3-5-7-16/h3-15H,2H2,1H3,(H2,26,27,32,33). The first-order valence-electron chi connectivity index (χ1n) is 10.7. The Bertz CT molecular complexity index is 1460. The summed E-state index contributed by atoms with van der Waals surface area (Å²) in [4.78, 5) is 13.4. The van der Waals surface area contributed by atoms with Gasteiger partial charge in [0.05, 0.1) is 0 Å². The van der Waals surface area contributed by atoms with Gasteiger partial charge in [0.2, 0.25) is 4.96 Å². The minimum Gasteiger partial charge on any atom is -0.332 e. The Morgan fingerprint density at radius 1 is 0.912 bits per heavy atom. The normalized spacial score (nSPS) is 10.9. The van der Waals surface area contributed by atoms with E-state index in [0.717, 1.165) is 44.6 Å². The van der Waals surface area contributed by atoms with Crippen LogP contribution in [0.2, 0.25) is 0 Å². The topological polar surface area (TPSA) is 84.2 Å². The predicted octanol–water partition coefficient (Wildman–Crippen LogP) is 5.21. The molecule has 0 aliphatic carbocycles. The highest BCUT2D eigenvalue weighted by Crippen LogP contribution is 2.26. The fourth-order valence-corrected chi connectivity index (χ4v) is 4.55. The Labute approximate surface area is 205 Å². The second-order valence-corrected chi connectivity index (χ2v) is 8.86. The lowest BCUT2D eigenvalue weighted by molar-refractivity contribution is 0.0978. The van der Waals surface area contributed by atoms with Gasteiger partial charge in [-0.3, -0.25) is 10.1 Å². The molecule has 0 aliphatic rings. The Hall–Kier alpha value is -3.95.